The number of carbonyl (C=O) groups is 2. The van der Waals surface area contributed by atoms with Gasteiger partial charge in [-0.2, -0.15) is 4.31 Å². The van der Waals surface area contributed by atoms with Crippen LogP contribution in [-0.4, -0.2) is 42.8 Å². The standard InChI is InChI=1S/C20H28N2O5S/c23-19(17-7-3-4-8-18(17)20(24)25)21-15-9-11-16(12-10-15)28(26,27)22-13-5-1-2-6-14-22/h9-12,17-18H,1-8,13-14H2,(H,21,23)(H,24,25)/t17-,18-/m0/s1. The van der Waals surface area contributed by atoms with E-state index in [1.807, 2.05) is 0 Å². The van der Waals surface area contributed by atoms with Gasteiger partial charge in [0.2, 0.25) is 15.9 Å². The Hall–Kier alpha value is -1.93. The quantitative estimate of drug-likeness (QED) is 0.779. The van der Waals surface area contributed by atoms with Gasteiger partial charge in [-0.3, -0.25) is 9.59 Å². The summed E-state index contributed by atoms with van der Waals surface area (Å²) in [4.78, 5) is 24.2. The van der Waals surface area contributed by atoms with E-state index in [0.29, 0.717) is 31.6 Å². The number of carbonyl (C=O) groups excluding carboxylic acids is 1. The molecule has 8 heteroatoms. The van der Waals surface area contributed by atoms with Gasteiger partial charge in [-0.15, -0.1) is 0 Å². The van der Waals surface area contributed by atoms with Crippen molar-refractivity contribution in [3.8, 4) is 0 Å². The molecule has 1 saturated heterocycles. The van der Waals surface area contributed by atoms with Crippen molar-refractivity contribution in [3.05, 3.63) is 24.3 Å². The molecule has 7 nitrogen and oxygen atoms in total. The number of carboxylic acids is 1. The molecule has 28 heavy (non-hydrogen) atoms. The van der Waals surface area contributed by atoms with Gasteiger partial charge in [-0.1, -0.05) is 25.7 Å². The SMILES string of the molecule is O=C(O)[C@H]1CCCC[C@@H]1C(=O)Nc1ccc(S(=O)(=O)N2CCCCCC2)cc1. The van der Waals surface area contributed by atoms with Crippen LogP contribution in [0.2, 0.25) is 0 Å². The Bertz CT molecular complexity index is 798. The van der Waals surface area contributed by atoms with E-state index in [9.17, 15) is 23.1 Å². The van der Waals surface area contributed by atoms with E-state index in [-0.39, 0.29) is 10.8 Å². The molecule has 0 bridgehead atoms. The number of hydrogen-bond acceptors (Lipinski definition) is 4. The molecule has 0 unspecified atom stereocenters. The predicted molar refractivity (Wildman–Crippen MR) is 105 cm³/mol. The van der Waals surface area contributed by atoms with Crippen LogP contribution in [-0.2, 0) is 19.6 Å². The normalized spacial score (nSPS) is 24.3. The van der Waals surface area contributed by atoms with Gasteiger partial charge in [0.1, 0.15) is 0 Å². The van der Waals surface area contributed by atoms with Crippen LogP contribution in [0.15, 0.2) is 29.2 Å². The number of hydrogen-bond donors (Lipinski definition) is 2. The molecule has 0 radical (unpaired) electrons. The van der Waals surface area contributed by atoms with E-state index in [1.165, 1.54) is 16.4 Å². The zero-order valence-electron chi connectivity index (χ0n) is 16.0. The van der Waals surface area contributed by atoms with Crippen molar-refractivity contribution in [2.75, 3.05) is 18.4 Å². The number of aliphatic carboxylic acids is 1. The molecule has 1 aliphatic heterocycles. The third-order valence-electron chi connectivity index (χ3n) is 5.74. The molecule has 1 saturated carbocycles. The summed E-state index contributed by atoms with van der Waals surface area (Å²) >= 11 is 0. The highest BCUT2D eigenvalue weighted by molar-refractivity contribution is 7.89. The Balaban J connectivity index is 1.68. The maximum Gasteiger partial charge on any atom is 0.307 e. The highest BCUT2D eigenvalue weighted by Gasteiger charge is 2.35. The third-order valence-corrected chi connectivity index (χ3v) is 7.66. The second kappa shape index (κ2) is 9.05. The van der Waals surface area contributed by atoms with Crippen LogP contribution >= 0.6 is 0 Å². The molecule has 1 aromatic carbocycles. The number of rotatable bonds is 5. The first-order valence-electron chi connectivity index (χ1n) is 10.0. The molecule has 0 spiro atoms. The molecule has 2 aliphatic rings. The summed E-state index contributed by atoms with van der Waals surface area (Å²) in [6, 6.07) is 6.15. The minimum Gasteiger partial charge on any atom is -0.481 e. The molecule has 1 aliphatic carbocycles. The van der Waals surface area contributed by atoms with Gasteiger partial charge in [0.15, 0.2) is 0 Å². The van der Waals surface area contributed by atoms with Gasteiger partial charge in [0, 0.05) is 18.8 Å². The van der Waals surface area contributed by atoms with Gasteiger partial charge in [0.25, 0.3) is 0 Å². The monoisotopic (exact) mass is 408 g/mol. The Morgan fingerprint density at radius 2 is 1.46 bits per heavy atom. The maximum atomic E-state index is 12.8. The van der Waals surface area contributed by atoms with Gasteiger partial charge in [0.05, 0.1) is 16.7 Å². The van der Waals surface area contributed by atoms with E-state index in [2.05, 4.69) is 5.32 Å². The van der Waals surface area contributed by atoms with Crippen LogP contribution in [0.4, 0.5) is 5.69 Å². The van der Waals surface area contributed by atoms with E-state index >= 15 is 0 Å². The van der Waals surface area contributed by atoms with E-state index < -0.39 is 27.8 Å². The van der Waals surface area contributed by atoms with Crippen LogP contribution in [0.25, 0.3) is 0 Å². The highest BCUT2D eigenvalue weighted by Crippen LogP contribution is 2.31. The topological polar surface area (TPSA) is 104 Å². The smallest absolute Gasteiger partial charge is 0.307 e. The fourth-order valence-electron chi connectivity index (χ4n) is 4.12. The lowest BCUT2D eigenvalue weighted by atomic mass is 9.78. The van der Waals surface area contributed by atoms with Crippen molar-refractivity contribution in [2.45, 2.75) is 56.3 Å². The number of nitrogens with zero attached hydrogens (tertiary/aromatic N) is 1. The predicted octanol–water partition coefficient (Wildman–Crippen LogP) is 3.08. The number of sulfonamides is 1. The molecule has 1 amide bonds. The van der Waals surface area contributed by atoms with E-state index in [4.69, 9.17) is 0 Å². The molecule has 1 heterocycles. The number of nitrogens with one attached hydrogen (secondary N) is 1. The van der Waals surface area contributed by atoms with Crippen molar-refractivity contribution in [1.29, 1.82) is 0 Å². The average molecular weight is 409 g/mol. The minimum absolute atomic E-state index is 0.216. The van der Waals surface area contributed by atoms with Crippen LogP contribution in [0.3, 0.4) is 0 Å². The Labute approximate surface area is 166 Å². The van der Waals surface area contributed by atoms with E-state index in [1.54, 1.807) is 12.1 Å². The number of benzene rings is 1. The molecule has 2 atom stereocenters. The van der Waals surface area contributed by atoms with Gasteiger partial charge in [-0.25, -0.2) is 8.42 Å². The second-order valence-corrected chi connectivity index (χ2v) is 9.61. The van der Waals surface area contributed by atoms with Crippen molar-refractivity contribution < 1.29 is 23.1 Å². The Kier molecular flexibility index (Phi) is 6.72. The molecular formula is C20H28N2O5S. The first-order valence-corrected chi connectivity index (χ1v) is 11.5. The van der Waals surface area contributed by atoms with Crippen molar-refractivity contribution in [1.82, 2.24) is 4.31 Å². The Morgan fingerprint density at radius 1 is 0.893 bits per heavy atom. The summed E-state index contributed by atoms with van der Waals surface area (Å²) in [5.41, 5.74) is 0.481. The number of carboxylic acid groups (broad SMARTS) is 1. The van der Waals surface area contributed by atoms with Gasteiger partial charge in [-0.05, 0) is 49.9 Å². The zero-order valence-corrected chi connectivity index (χ0v) is 16.8. The summed E-state index contributed by atoms with van der Waals surface area (Å²) in [5, 5.41) is 12.1. The molecule has 1 aromatic rings. The maximum absolute atomic E-state index is 12.8. The number of amides is 1. The molecule has 0 aromatic heterocycles. The first kappa shape index (κ1) is 20.8. The van der Waals surface area contributed by atoms with Gasteiger partial charge >= 0.3 is 5.97 Å². The Morgan fingerprint density at radius 3 is 2.04 bits per heavy atom. The average Bonchev–Trinajstić information content (AvgIpc) is 2.98. The van der Waals surface area contributed by atoms with Crippen molar-refractivity contribution in [2.24, 2.45) is 11.8 Å². The number of anilines is 1. The summed E-state index contributed by atoms with van der Waals surface area (Å²) in [6.07, 6.45) is 6.59. The lowest BCUT2D eigenvalue weighted by molar-refractivity contribution is -0.147. The third kappa shape index (κ3) is 4.72. The molecule has 2 fully saturated rings. The second-order valence-electron chi connectivity index (χ2n) is 7.67. The fourth-order valence-corrected chi connectivity index (χ4v) is 5.63. The van der Waals surface area contributed by atoms with Gasteiger partial charge < -0.3 is 10.4 Å². The lowest BCUT2D eigenvalue weighted by Gasteiger charge is -2.27. The summed E-state index contributed by atoms with van der Waals surface area (Å²) in [5.74, 6) is -2.45. The zero-order chi connectivity index (χ0) is 20.1. The summed E-state index contributed by atoms with van der Waals surface area (Å²) in [6.45, 7) is 1.08. The van der Waals surface area contributed by atoms with Crippen molar-refractivity contribution in [3.63, 3.8) is 0 Å². The van der Waals surface area contributed by atoms with Crippen molar-refractivity contribution >= 4 is 27.6 Å². The van der Waals surface area contributed by atoms with Crippen LogP contribution in [0.1, 0.15) is 51.4 Å². The van der Waals surface area contributed by atoms with E-state index in [0.717, 1.165) is 38.5 Å². The molecule has 2 N–H and O–H groups in total. The minimum atomic E-state index is -3.53. The highest BCUT2D eigenvalue weighted by atomic mass is 32.2. The molecule has 3 rings (SSSR count). The molecular weight excluding hydrogens is 380 g/mol. The van der Waals surface area contributed by atoms with Crippen LogP contribution in [0.5, 0.6) is 0 Å². The summed E-state index contributed by atoms with van der Waals surface area (Å²) < 4.78 is 27.2. The van der Waals surface area contributed by atoms with Crippen LogP contribution in [0, 0.1) is 11.8 Å². The van der Waals surface area contributed by atoms with Crippen LogP contribution < -0.4 is 5.32 Å². The fraction of sp³-hybridized carbons (Fsp3) is 0.600. The first-order chi connectivity index (χ1) is 13.4. The lowest BCUT2D eigenvalue weighted by Crippen LogP contribution is -2.36. The largest absolute Gasteiger partial charge is 0.481 e. The summed E-state index contributed by atoms with van der Waals surface area (Å²) in [7, 11) is -3.53. The molecule has 154 valence electrons.